The van der Waals surface area contributed by atoms with E-state index in [2.05, 4.69) is 41.4 Å². The van der Waals surface area contributed by atoms with Crippen molar-refractivity contribution in [3.8, 4) is 0 Å². The third kappa shape index (κ3) is 5.71. The Hall–Kier alpha value is -1.01. The number of thioether (sulfide) groups is 1. The smallest absolute Gasteiger partial charge is 0.138 e. The number of anilines is 2. The number of hydrogen-bond acceptors (Lipinski definition) is 6. The summed E-state index contributed by atoms with van der Waals surface area (Å²) in [5, 5.41) is 15.3. The van der Waals surface area contributed by atoms with E-state index in [1.165, 1.54) is 0 Å². The van der Waals surface area contributed by atoms with Crippen molar-refractivity contribution in [2.24, 2.45) is 0 Å². The quantitative estimate of drug-likeness (QED) is 0.641. The molecule has 0 atom stereocenters. The lowest BCUT2D eigenvalue weighted by Crippen LogP contribution is -2.20. The van der Waals surface area contributed by atoms with E-state index in [-0.39, 0.29) is 12.0 Å². The largest absolute Gasteiger partial charge is 0.396 e. The number of nitrogens with one attached hydrogen (secondary N) is 2. The Morgan fingerprint density at radius 1 is 1.14 bits per heavy atom. The van der Waals surface area contributed by atoms with Gasteiger partial charge in [0.15, 0.2) is 0 Å². The van der Waals surface area contributed by atoms with Gasteiger partial charge in [0, 0.05) is 36.9 Å². The molecule has 0 bridgehead atoms. The lowest BCUT2D eigenvalue weighted by atomic mass is 9.95. The van der Waals surface area contributed by atoms with Crippen molar-refractivity contribution in [2.75, 3.05) is 42.3 Å². The van der Waals surface area contributed by atoms with Crippen molar-refractivity contribution in [1.29, 1.82) is 0 Å². The standard InChI is InChI=1S/C15H28N4OS/c1-11-12(16-5)18-14(15(2,3)4)19-13(11)17-7-10-21-9-6-8-20/h20H,6-10H2,1-5H3,(H2,16,17,18,19). The van der Waals surface area contributed by atoms with Crippen LogP contribution < -0.4 is 10.6 Å². The minimum atomic E-state index is -0.0778. The zero-order valence-electron chi connectivity index (χ0n) is 13.8. The normalized spacial score (nSPS) is 11.5. The molecule has 1 aromatic rings. The SMILES string of the molecule is CNc1nc(C(C)(C)C)nc(NCCSCCCO)c1C. The molecule has 0 amide bonds. The average Bonchev–Trinajstić information content (AvgIpc) is 2.43. The van der Waals surface area contributed by atoms with Crippen LogP contribution in [0, 0.1) is 6.92 Å². The van der Waals surface area contributed by atoms with Crippen LogP contribution in [-0.4, -0.2) is 46.8 Å². The van der Waals surface area contributed by atoms with Crippen molar-refractivity contribution >= 4 is 23.4 Å². The van der Waals surface area contributed by atoms with Crippen molar-refractivity contribution in [2.45, 2.75) is 39.5 Å². The summed E-state index contributed by atoms with van der Waals surface area (Å²) in [6.45, 7) is 9.51. The van der Waals surface area contributed by atoms with Crippen molar-refractivity contribution in [3.63, 3.8) is 0 Å². The third-order valence-corrected chi connectivity index (χ3v) is 4.11. The van der Waals surface area contributed by atoms with Crippen molar-refractivity contribution in [1.82, 2.24) is 9.97 Å². The van der Waals surface area contributed by atoms with Gasteiger partial charge in [0.1, 0.15) is 17.5 Å². The van der Waals surface area contributed by atoms with Gasteiger partial charge >= 0.3 is 0 Å². The molecule has 0 aliphatic heterocycles. The third-order valence-electron chi connectivity index (χ3n) is 3.04. The first-order valence-corrected chi connectivity index (χ1v) is 8.55. The summed E-state index contributed by atoms with van der Waals surface area (Å²) in [5.74, 6) is 4.62. The molecule has 6 heteroatoms. The van der Waals surface area contributed by atoms with E-state index in [1.54, 1.807) is 0 Å². The summed E-state index contributed by atoms with van der Waals surface area (Å²) in [6.07, 6.45) is 0.856. The van der Waals surface area contributed by atoms with Crippen LogP contribution in [0.2, 0.25) is 0 Å². The Bertz CT molecular complexity index is 446. The van der Waals surface area contributed by atoms with Crippen molar-refractivity contribution < 1.29 is 5.11 Å². The molecular formula is C15H28N4OS. The highest BCUT2D eigenvalue weighted by Crippen LogP contribution is 2.26. The number of rotatable bonds is 8. The molecular weight excluding hydrogens is 284 g/mol. The molecule has 0 radical (unpaired) electrons. The molecule has 0 unspecified atom stereocenters. The molecule has 120 valence electrons. The lowest BCUT2D eigenvalue weighted by Gasteiger charge is -2.20. The van der Waals surface area contributed by atoms with Crippen LogP contribution in [0.1, 0.15) is 38.6 Å². The maximum Gasteiger partial charge on any atom is 0.138 e. The Morgan fingerprint density at radius 2 is 1.81 bits per heavy atom. The van der Waals surface area contributed by atoms with Crippen LogP contribution in [-0.2, 0) is 5.41 Å². The number of aromatic nitrogens is 2. The molecule has 3 N–H and O–H groups in total. The Labute approximate surface area is 132 Å². The molecule has 5 nitrogen and oxygen atoms in total. The lowest BCUT2D eigenvalue weighted by molar-refractivity contribution is 0.296. The van der Waals surface area contributed by atoms with Gasteiger partial charge in [-0.25, -0.2) is 9.97 Å². The van der Waals surface area contributed by atoms with Gasteiger partial charge in [-0.15, -0.1) is 0 Å². The second kappa shape index (κ2) is 8.44. The Kier molecular flexibility index (Phi) is 7.25. The number of aliphatic hydroxyl groups is 1. The molecule has 0 fully saturated rings. The molecule has 0 saturated carbocycles. The van der Waals surface area contributed by atoms with Gasteiger partial charge in [0.25, 0.3) is 0 Å². The number of aliphatic hydroxyl groups excluding tert-OH is 1. The Morgan fingerprint density at radius 3 is 2.38 bits per heavy atom. The fraction of sp³-hybridized carbons (Fsp3) is 0.733. The highest BCUT2D eigenvalue weighted by atomic mass is 32.2. The van der Waals surface area contributed by atoms with E-state index in [0.717, 1.165) is 47.5 Å². The first-order chi connectivity index (χ1) is 9.90. The minimum absolute atomic E-state index is 0.0778. The van der Waals surface area contributed by atoms with Crippen molar-refractivity contribution in [3.05, 3.63) is 11.4 Å². The summed E-state index contributed by atoms with van der Waals surface area (Å²) >= 11 is 1.84. The minimum Gasteiger partial charge on any atom is -0.396 e. The first kappa shape index (κ1) is 18.0. The molecule has 1 aromatic heterocycles. The summed E-state index contributed by atoms with van der Waals surface area (Å²) in [7, 11) is 1.89. The maximum atomic E-state index is 8.75. The molecule has 0 spiro atoms. The highest BCUT2D eigenvalue weighted by molar-refractivity contribution is 7.99. The van der Waals surface area contributed by atoms with Gasteiger partial charge in [-0.2, -0.15) is 11.8 Å². The summed E-state index contributed by atoms with van der Waals surface area (Å²) < 4.78 is 0. The van der Waals surface area contributed by atoms with Crippen LogP contribution in [0.3, 0.4) is 0 Å². The van der Waals surface area contributed by atoms with Crippen LogP contribution in [0.15, 0.2) is 0 Å². The predicted octanol–water partition coefficient (Wildman–Crippen LogP) is 2.65. The molecule has 0 aliphatic rings. The Balaban J connectivity index is 2.72. The van der Waals surface area contributed by atoms with Gasteiger partial charge in [0.2, 0.25) is 0 Å². The van der Waals surface area contributed by atoms with E-state index in [0.29, 0.717) is 0 Å². The predicted molar refractivity (Wildman–Crippen MR) is 92.5 cm³/mol. The summed E-state index contributed by atoms with van der Waals surface area (Å²) in [5.41, 5.74) is 0.969. The van der Waals surface area contributed by atoms with Crippen LogP contribution in [0.25, 0.3) is 0 Å². The monoisotopic (exact) mass is 312 g/mol. The van der Waals surface area contributed by atoms with Crippen LogP contribution in [0.5, 0.6) is 0 Å². The molecule has 0 saturated heterocycles. The maximum absolute atomic E-state index is 8.75. The van der Waals surface area contributed by atoms with Gasteiger partial charge in [-0.1, -0.05) is 20.8 Å². The fourth-order valence-electron chi connectivity index (χ4n) is 1.78. The van der Waals surface area contributed by atoms with E-state index >= 15 is 0 Å². The van der Waals surface area contributed by atoms with E-state index in [1.807, 2.05) is 25.7 Å². The second-order valence-electron chi connectivity index (χ2n) is 5.99. The summed E-state index contributed by atoms with van der Waals surface area (Å²) in [4.78, 5) is 9.27. The molecule has 1 rings (SSSR count). The topological polar surface area (TPSA) is 70.1 Å². The van der Waals surface area contributed by atoms with Gasteiger partial charge in [-0.3, -0.25) is 0 Å². The zero-order valence-corrected chi connectivity index (χ0v) is 14.6. The summed E-state index contributed by atoms with van der Waals surface area (Å²) in [6, 6.07) is 0. The molecule has 0 aliphatic carbocycles. The second-order valence-corrected chi connectivity index (χ2v) is 7.21. The van der Waals surface area contributed by atoms with E-state index in [4.69, 9.17) is 5.11 Å². The van der Waals surface area contributed by atoms with Gasteiger partial charge in [-0.05, 0) is 19.1 Å². The number of nitrogens with zero attached hydrogens (tertiary/aromatic N) is 2. The zero-order chi connectivity index (χ0) is 15.9. The molecule has 1 heterocycles. The first-order valence-electron chi connectivity index (χ1n) is 7.39. The highest BCUT2D eigenvalue weighted by Gasteiger charge is 2.20. The fourth-order valence-corrected chi connectivity index (χ4v) is 2.56. The molecule has 0 aromatic carbocycles. The van der Waals surface area contributed by atoms with E-state index in [9.17, 15) is 0 Å². The van der Waals surface area contributed by atoms with E-state index < -0.39 is 0 Å². The average molecular weight is 312 g/mol. The van der Waals surface area contributed by atoms with Gasteiger partial charge < -0.3 is 15.7 Å². The van der Waals surface area contributed by atoms with Crippen LogP contribution >= 0.6 is 11.8 Å². The van der Waals surface area contributed by atoms with Gasteiger partial charge in [0.05, 0.1) is 0 Å². The van der Waals surface area contributed by atoms with Crippen LogP contribution in [0.4, 0.5) is 11.6 Å². The molecule has 21 heavy (non-hydrogen) atoms. The number of hydrogen-bond donors (Lipinski definition) is 3.